The van der Waals surface area contributed by atoms with Crippen LogP contribution in [0.4, 0.5) is 18.9 Å². The maximum Gasteiger partial charge on any atom is 0.416 e. The number of benzene rings is 2. The van der Waals surface area contributed by atoms with E-state index >= 15 is 0 Å². The first-order valence-electron chi connectivity index (χ1n) is 8.17. The van der Waals surface area contributed by atoms with E-state index in [1.54, 1.807) is 30.3 Å². The smallest absolute Gasteiger partial charge is 0.416 e. The van der Waals surface area contributed by atoms with Gasteiger partial charge in [0, 0.05) is 5.56 Å². The number of amides is 1. The monoisotopic (exact) mass is 408 g/mol. The Bertz CT molecular complexity index is 947. The van der Waals surface area contributed by atoms with E-state index in [0.29, 0.717) is 17.4 Å². The summed E-state index contributed by atoms with van der Waals surface area (Å²) in [5.74, 6) is -0.418. The molecule has 1 N–H and O–H groups in total. The minimum absolute atomic E-state index is 0.0813. The van der Waals surface area contributed by atoms with Crippen molar-refractivity contribution in [1.82, 2.24) is 0 Å². The lowest BCUT2D eigenvalue weighted by atomic mass is 10.1. The number of ether oxygens (including phenoxy) is 1. The lowest BCUT2D eigenvalue weighted by Crippen LogP contribution is -2.15. The number of para-hydroxylation sites is 1. The Kier molecular flexibility index (Phi) is 6.71. The molecule has 0 aromatic heterocycles. The fourth-order valence-corrected chi connectivity index (χ4v) is 2.42. The summed E-state index contributed by atoms with van der Waals surface area (Å²) in [6.07, 6.45) is -3.42. The minimum atomic E-state index is -4.59. The minimum Gasteiger partial charge on any atom is -0.490 e. The summed E-state index contributed by atoms with van der Waals surface area (Å²) < 4.78 is 44.2. The quantitative estimate of drug-likeness (QED) is 0.510. The maximum atomic E-state index is 12.9. The molecule has 0 fully saturated rings. The molecule has 1 amide bonds. The fourth-order valence-electron chi connectivity index (χ4n) is 2.25. The molecule has 146 valence electrons. The number of rotatable bonds is 5. The third-order valence-corrected chi connectivity index (χ3v) is 3.82. The second-order valence-corrected chi connectivity index (χ2v) is 6.43. The van der Waals surface area contributed by atoms with Crippen molar-refractivity contribution in [2.75, 3.05) is 5.32 Å². The highest BCUT2D eigenvalue weighted by Gasteiger charge is 2.31. The van der Waals surface area contributed by atoms with Gasteiger partial charge in [-0.15, -0.1) is 0 Å². The van der Waals surface area contributed by atoms with Crippen LogP contribution in [-0.2, 0) is 11.0 Å². The van der Waals surface area contributed by atoms with Crippen molar-refractivity contribution in [2.24, 2.45) is 0 Å². The number of anilines is 1. The zero-order valence-corrected chi connectivity index (χ0v) is 15.7. The lowest BCUT2D eigenvalue weighted by Gasteiger charge is -2.13. The van der Waals surface area contributed by atoms with Gasteiger partial charge in [-0.25, -0.2) is 0 Å². The normalized spacial score (nSPS) is 11.9. The highest BCUT2D eigenvalue weighted by molar-refractivity contribution is 6.34. The summed E-state index contributed by atoms with van der Waals surface area (Å²) in [5.41, 5.74) is -1.04. The molecule has 0 spiro atoms. The largest absolute Gasteiger partial charge is 0.490 e. The second kappa shape index (κ2) is 8.81. The molecular weight excluding hydrogens is 393 g/mol. The van der Waals surface area contributed by atoms with E-state index in [0.717, 1.165) is 12.1 Å². The van der Waals surface area contributed by atoms with E-state index < -0.39 is 17.6 Å². The molecule has 2 rings (SSSR count). The number of carbonyl (C=O) groups excluding carboxylic acids is 1. The Morgan fingerprint density at radius 1 is 1.25 bits per heavy atom. The first-order valence-corrected chi connectivity index (χ1v) is 8.55. The lowest BCUT2D eigenvalue weighted by molar-refractivity contribution is -0.137. The van der Waals surface area contributed by atoms with Crippen LogP contribution in [0, 0.1) is 11.3 Å². The average Bonchev–Trinajstić information content (AvgIpc) is 2.61. The molecule has 0 radical (unpaired) electrons. The van der Waals surface area contributed by atoms with Crippen LogP contribution in [0.2, 0.25) is 5.02 Å². The Morgan fingerprint density at radius 2 is 1.93 bits per heavy atom. The number of alkyl halides is 3. The van der Waals surface area contributed by atoms with E-state index in [2.05, 4.69) is 5.32 Å². The van der Waals surface area contributed by atoms with Crippen LogP contribution in [0.25, 0.3) is 6.08 Å². The van der Waals surface area contributed by atoms with Crippen molar-refractivity contribution in [1.29, 1.82) is 5.26 Å². The zero-order chi connectivity index (χ0) is 20.9. The number of hydrogen-bond donors (Lipinski definition) is 1. The van der Waals surface area contributed by atoms with Crippen LogP contribution in [0.15, 0.2) is 48.0 Å². The molecule has 0 saturated carbocycles. The number of carbonyl (C=O) groups is 1. The number of nitrogens with one attached hydrogen (secondary N) is 1. The van der Waals surface area contributed by atoms with Gasteiger partial charge in [0.15, 0.2) is 0 Å². The van der Waals surface area contributed by atoms with Crippen LogP contribution in [0.3, 0.4) is 0 Å². The Morgan fingerprint density at radius 3 is 2.54 bits per heavy atom. The van der Waals surface area contributed by atoms with Crippen LogP contribution in [-0.4, -0.2) is 12.0 Å². The van der Waals surface area contributed by atoms with Crippen molar-refractivity contribution in [3.8, 4) is 11.8 Å². The second-order valence-electron chi connectivity index (χ2n) is 6.02. The average molecular weight is 409 g/mol. The fraction of sp³-hybridized carbons (Fsp3) is 0.200. The Hall–Kier alpha value is -2.98. The Balaban J connectivity index is 2.33. The Labute approximate surface area is 165 Å². The van der Waals surface area contributed by atoms with Crippen LogP contribution >= 0.6 is 11.6 Å². The molecule has 0 aliphatic heterocycles. The molecule has 0 aliphatic carbocycles. The molecule has 0 atom stereocenters. The van der Waals surface area contributed by atoms with Gasteiger partial charge in [0.25, 0.3) is 5.91 Å². The molecule has 8 heteroatoms. The van der Waals surface area contributed by atoms with Gasteiger partial charge in [0.1, 0.15) is 17.4 Å². The molecule has 0 unspecified atom stereocenters. The van der Waals surface area contributed by atoms with Crippen LogP contribution < -0.4 is 10.1 Å². The number of halogens is 4. The summed E-state index contributed by atoms with van der Waals surface area (Å²) in [5, 5.41) is 11.5. The van der Waals surface area contributed by atoms with Gasteiger partial charge in [-0.1, -0.05) is 29.8 Å². The molecule has 28 heavy (non-hydrogen) atoms. The number of nitrogens with zero attached hydrogens (tertiary/aromatic N) is 1. The van der Waals surface area contributed by atoms with Crippen molar-refractivity contribution < 1.29 is 22.7 Å². The molecule has 0 heterocycles. The molecular formula is C20H16ClF3N2O2. The number of nitriles is 1. The SMILES string of the molecule is CC(C)Oc1ccccc1/C=C(/C#N)C(=O)Nc1cc(C(F)(F)F)ccc1Cl. The van der Waals surface area contributed by atoms with Gasteiger partial charge in [0.2, 0.25) is 0 Å². The number of hydrogen-bond acceptors (Lipinski definition) is 3. The van der Waals surface area contributed by atoms with E-state index in [1.165, 1.54) is 6.08 Å². The molecule has 4 nitrogen and oxygen atoms in total. The zero-order valence-electron chi connectivity index (χ0n) is 15.0. The van der Waals surface area contributed by atoms with Crippen molar-refractivity contribution in [3.63, 3.8) is 0 Å². The highest BCUT2D eigenvalue weighted by atomic mass is 35.5. The topological polar surface area (TPSA) is 62.1 Å². The van der Waals surface area contributed by atoms with Crippen LogP contribution in [0.1, 0.15) is 25.0 Å². The van der Waals surface area contributed by atoms with Crippen molar-refractivity contribution >= 4 is 29.3 Å². The van der Waals surface area contributed by atoms with E-state index in [9.17, 15) is 23.2 Å². The predicted molar refractivity (Wildman–Crippen MR) is 101 cm³/mol. The molecule has 0 aliphatic rings. The molecule has 0 bridgehead atoms. The summed E-state index contributed by atoms with van der Waals surface area (Å²) in [4.78, 5) is 12.4. The highest BCUT2D eigenvalue weighted by Crippen LogP contribution is 2.34. The first-order chi connectivity index (χ1) is 13.1. The van der Waals surface area contributed by atoms with Gasteiger partial charge in [-0.05, 0) is 44.2 Å². The van der Waals surface area contributed by atoms with Gasteiger partial charge >= 0.3 is 6.18 Å². The van der Waals surface area contributed by atoms with Gasteiger partial charge in [-0.2, -0.15) is 18.4 Å². The maximum absolute atomic E-state index is 12.9. The van der Waals surface area contributed by atoms with Crippen LogP contribution in [0.5, 0.6) is 5.75 Å². The van der Waals surface area contributed by atoms with E-state index in [-0.39, 0.29) is 22.4 Å². The summed E-state index contributed by atoms with van der Waals surface area (Å²) >= 11 is 5.88. The predicted octanol–water partition coefficient (Wildman–Crippen LogP) is 5.69. The first kappa shape index (κ1) is 21.3. The standard InChI is InChI=1S/C20H16ClF3N2O2/c1-12(2)28-18-6-4-3-5-13(18)9-14(11-25)19(27)26-17-10-15(20(22,23)24)7-8-16(17)21/h3-10,12H,1-2H3,(H,26,27)/b14-9-. The summed E-state index contributed by atoms with van der Waals surface area (Å²) in [6, 6.07) is 11.1. The van der Waals surface area contributed by atoms with Gasteiger partial charge in [-0.3, -0.25) is 4.79 Å². The molecule has 2 aromatic rings. The molecule has 2 aromatic carbocycles. The van der Waals surface area contributed by atoms with Gasteiger partial charge < -0.3 is 10.1 Å². The third kappa shape index (κ3) is 5.51. The van der Waals surface area contributed by atoms with Crippen molar-refractivity contribution in [3.05, 3.63) is 64.2 Å². The molecule has 0 saturated heterocycles. The summed E-state index contributed by atoms with van der Waals surface area (Å²) in [6.45, 7) is 3.65. The summed E-state index contributed by atoms with van der Waals surface area (Å²) in [7, 11) is 0. The van der Waals surface area contributed by atoms with Crippen molar-refractivity contribution in [2.45, 2.75) is 26.1 Å². The van der Waals surface area contributed by atoms with E-state index in [1.807, 2.05) is 13.8 Å². The van der Waals surface area contributed by atoms with E-state index in [4.69, 9.17) is 16.3 Å². The third-order valence-electron chi connectivity index (χ3n) is 3.49. The van der Waals surface area contributed by atoms with Gasteiger partial charge in [0.05, 0.1) is 22.4 Å².